The summed E-state index contributed by atoms with van der Waals surface area (Å²) in [4.78, 5) is 42.6. The summed E-state index contributed by atoms with van der Waals surface area (Å²) in [6.45, 7) is 11.4. The van der Waals surface area contributed by atoms with Gasteiger partial charge in [0.15, 0.2) is 11.6 Å². The number of nitrogens with one attached hydrogen (secondary N) is 2. The van der Waals surface area contributed by atoms with Crippen molar-refractivity contribution in [3.05, 3.63) is 102 Å². The van der Waals surface area contributed by atoms with Crippen LogP contribution in [-0.2, 0) is 32.1 Å². The molecule has 234 valence electrons. The van der Waals surface area contributed by atoms with Gasteiger partial charge >= 0.3 is 0 Å². The summed E-state index contributed by atoms with van der Waals surface area (Å²) in [5, 5.41) is 9.71. The highest BCUT2D eigenvalue weighted by atomic mass is 16.1. The van der Waals surface area contributed by atoms with Crippen molar-refractivity contribution in [1.82, 2.24) is 5.32 Å². The Bertz CT molecular complexity index is 1200. The molecule has 0 heterocycles. The maximum absolute atomic E-state index is 12.2. The first-order valence-corrected chi connectivity index (χ1v) is 14.5. The van der Waals surface area contributed by atoms with Gasteiger partial charge in [0.05, 0.1) is 5.71 Å². The van der Waals surface area contributed by atoms with Crippen LogP contribution in [0.15, 0.2) is 90.1 Å². The SMILES string of the molecule is C/C=C\C=C/C(C)=O.CC=O.CCC.CCC(=O)NCc1ccc(C(/C=C\C(=O)CCc2cccc(NC)c2)=N/N)cc1. The lowest BCUT2D eigenvalue weighted by molar-refractivity contribution is -0.121. The first kappa shape index (κ1) is 40.5. The molecule has 0 radical (unpaired) electrons. The number of allylic oxidation sites excluding steroid dienone is 6. The lowest BCUT2D eigenvalue weighted by Crippen LogP contribution is -2.21. The standard InChI is InChI=1S/C23H28N4O2.C7H10O.C3H8.C2H4O/c1-3-23(29)26-16-18-7-10-19(11-8-18)22(27-24)14-13-21(28)12-9-17-5-4-6-20(15-17)25-2;1-3-4-5-6-7(2)8;1-3-2;1-2-3/h4-8,10-11,13-15,25H,3,9,12,16,24H2,1-2H3,(H,26,29);3-6H,1-2H3;3H2,1-2H3;2H,1H3/b14-13-,27-22+;4-3-,6-5-;;. The molecule has 0 saturated carbocycles. The van der Waals surface area contributed by atoms with E-state index in [4.69, 9.17) is 10.6 Å². The maximum atomic E-state index is 12.2. The van der Waals surface area contributed by atoms with Crippen LogP contribution in [0, 0.1) is 0 Å². The van der Waals surface area contributed by atoms with Crippen molar-refractivity contribution in [1.29, 1.82) is 0 Å². The fraction of sp³-hybridized carbons (Fsp3) is 0.343. The molecular formula is C35H50N4O4. The van der Waals surface area contributed by atoms with Crippen molar-refractivity contribution >= 4 is 35.2 Å². The summed E-state index contributed by atoms with van der Waals surface area (Å²) in [6.07, 6.45) is 13.7. The van der Waals surface area contributed by atoms with Crippen molar-refractivity contribution in [2.24, 2.45) is 10.9 Å². The molecule has 0 aromatic heterocycles. The number of benzene rings is 2. The average Bonchev–Trinajstić information content (AvgIpc) is 3.01. The molecule has 0 aliphatic rings. The number of carbonyl (C=O) groups is 4. The summed E-state index contributed by atoms with van der Waals surface area (Å²) in [7, 11) is 1.87. The molecule has 2 aromatic rings. The van der Waals surface area contributed by atoms with Crippen molar-refractivity contribution < 1.29 is 19.2 Å². The molecule has 4 N–H and O–H groups in total. The molecule has 0 fully saturated rings. The van der Waals surface area contributed by atoms with E-state index in [0.29, 0.717) is 31.5 Å². The van der Waals surface area contributed by atoms with E-state index in [0.717, 1.165) is 28.7 Å². The lowest BCUT2D eigenvalue weighted by Gasteiger charge is -2.06. The van der Waals surface area contributed by atoms with Gasteiger partial charge in [-0.2, -0.15) is 5.10 Å². The van der Waals surface area contributed by atoms with Crippen LogP contribution in [-0.4, -0.2) is 36.5 Å². The van der Waals surface area contributed by atoms with E-state index in [-0.39, 0.29) is 17.5 Å². The van der Waals surface area contributed by atoms with Gasteiger partial charge in [-0.3, -0.25) is 14.4 Å². The topological polar surface area (TPSA) is 131 Å². The molecule has 8 nitrogen and oxygen atoms in total. The Balaban J connectivity index is 0. The first-order valence-electron chi connectivity index (χ1n) is 14.5. The summed E-state index contributed by atoms with van der Waals surface area (Å²) in [5.41, 5.74) is 4.46. The third kappa shape index (κ3) is 22.7. The van der Waals surface area contributed by atoms with E-state index in [1.807, 2.05) is 81.6 Å². The predicted octanol–water partition coefficient (Wildman–Crippen LogP) is 6.50. The number of carbonyl (C=O) groups excluding carboxylic acids is 4. The Labute approximate surface area is 258 Å². The number of nitrogens with two attached hydrogens (primary N) is 1. The predicted molar refractivity (Wildman–Crippen MR) is 180 cm³/mol. The van der Waals surface area contributed by atoms with Gasteiger partial charge in [-0.05, 0) is 68.7 Å². The zero-order valence-corrected chi connectivity index (χ0v) is 26.9. The highest BCUT2D eigenvalue weighted by Gasteiger charge is 2.04. The second-order valence-corrected chi connectivity index (χ2v) is 9.03. The van der Waals surface area contributed by atoms with Gasteiger partial charge in [-0.15, -0.1) is 0 Å². The molecule has 0 saturated heterocycles. The van der Waals surface area contributed by atoms with Gasteiger partial charge in [0.25, 0.3) is 0 Å². The number of aldehydes is 1. The molecule has 8 heteroatoms. The van der Waals surface area contributed by atoms with E-state index in [1.165, 1.54) is 32.4 Å². The van der Waals surface area contributed by atoms with Crippen molar-refractivity contribution in [2.45, 2.75) is 73.8 Å². The zero-order valence-electron chi connectivity index (χ0n) is 26.9. The number of hydrazone groups is 1. The largest absolute Gasteiger partial charge is 0.388 e. The molecule has 0 bridgehead atoms. The quantitative estimate of drug-likeness (QED) is 0.0646. The van der Waals surface area contributed by atoms with E-state index >= 15 is 0 Å². The molecule has 0 aliphatic carbocycles. The Morgan fingerprint density at radius 2 is 1.53 bits per heavy atom. The number of amides is 1. The van der Waals surface area contributed by atoms with Gasteiger partial charge in [-0.25, -0.2) is 0 Å². The second-order valence-electron chi connectivity index (χ2n) is 9.03. The third-order valence-corrected chi connectivity index (χ3v) is 5.14. The fourth-order valence-corrected chi connectivity index (χ4v) is 3.04. The highest BCUT2D eigenvalue weighted by molar-refractivity contribution is 6.11. The fourth-order valence-electron chi connectivity index (χ4n) is 3.04. The van der Waals surface area contributed by atoms with Crippen LogP contribution in [0.3, 0.4) is 0 Å². The van der Waals surface area contributed by atoms with Crippen LogP contribution in [0.25, 0.3) is 0 Å². The van der Waals surface area contributed by atoms with Crippen molar-refractivity contribution in [3.63, 3.8) is 0 Å². The van der Waals surface area contributed by atoms with Crippen LogP contribution in [0.4, 0.5) is 5.69 Å². The minimum atomic E-state index is 0.0115. The Kier molecular flexibility index (Phi) is 26.0. The number of ketones is 2. The summed E-state index contributed by atoms with van der Waals surface area (Å²) >= 11 is 0. The Morgan fingerprint density at radius 1 is 0.907 bits per heavy atom. The van der Waals surface area contributed by atoms with E-state index in [2.05, 4.69) is 29.6 Å². The third-order valence-electron chi connectivity index (χ3n) is 5.14. The first-order chi connectivity index (χ1) is 20.6. The van der Waals surface area contributed by atoms with Gasteiger partial charge in [0.1, 0.15) is 6.29 Å². The van der Waals surface area contributed by atoms with Gasteiger partial charge in [0.2, 0.25) is 5.91 Å². The number of rotatable bonds is 12. The van der Waals surface area contributed by atoms with Crippen LogP contribution >= 0.6 is 0 Å². The maximum Gasteiger partial charge on any atom is 0.219 e. The van der Waals surface area contributed by atoms with Gasteiger partial charge in [0, 0.05) is 37.7 Å². The van der Waals surface area contributed by atoms with Gasteiger partial charge < -0.3 is 21.3 Å². The monoisotopic (exact) mass is 590 g/mol. The smallest absolute Gasteiger partial charge is 0.219 e. The van der Waals surface area contributed by atoms with Crippen molar-refractivity contribution in [2.75, 3.05) is 12.4 Å². The van der Waals surface area contributed by atoms with Crippen molar-refractivity contribution in [3.8, 4) is 0 Å². The molecular weight excluding hydrogens is 540 g/mol. The molecule has 2 aromatic carbocycles. The van der Waals surface area contributed by atoms with Crippen LogP contribution in [0.5, 0.6) is 0 Å². The average molecular weight is 591 g/mol. The number of nitrogens with zero attached hydrogens (tertiary/aromatic N) is 1. The Hall–Kier alpha value is -4.59. The lowest BCUT2D eigenvalue weighted by atomic mass is 10.0. The molecule has 0 unspecified atom stereocenters. The van der Waals surface area contributed by atoms with Crippen LogP contribution < -0.4 is 16.5 Å². The van der Waals surface area contributed by atoms with Crippen LogP contribution in [0.2, 0.25) is 0 Å². The van der Waals surface area contributed by atoms with E-state index in [9.17, 15) is 14.4 Å². The normalized spacial score (nSPS) is 10.5. The number of aryl methyl sites for hydroxylation is 1. The summed E-state index contributed by atoms with van der Waals surface area (Å²) in [5.74, 6) is 5.62. The van der Waals surface area contributed by atoms with E-state index < -0.39 is 0 Å². The number of hydrogen-bond donors (Lipinski definition) is 3. The highest BCUT2D eigenvalue weighted by Crippen LogP contribution is 2.12. The number of hydrogen-bond acceptors (Lipinski definition) is 7. The summed E-state index contributed by atoms with van der Waals surface area (Å²) in [6, 6.07) is 15.6. The van der Waals surface area contributed by atoms with Gasteiger partial charge in [-0.1, -0.05) is 81.8 Å². The minimum absolute atomic E-state index is 0.0115. The second kappa shape index (κ2) is 27.6. The van der Waals surface area contributed by atoms with Crippen LogP contribution in [0.1, 0.15) is 77.5 Å². The molecule has 1 amide bonds. The molecule has 0 aliphatic heterocycles. The zero-order chi connectivity index (χ0) is 32.9. The minimum Gasteiger partial charge on any atom is -0.388 e. The molecule has 43 heavy (non-hydrogen) atoms. The number of anilines is 1. The molecule has 2 rings (SSSR count). The Morgan fingerprint density at radius 3 is 2.05 bits per heavy atom. The molecule has 0 spiro atoms. The van der Waals surface area contributed by atoms with E-state index in [1.54, 1.807) is 12.2 Å². The molecule has 0 atom stereocenters. The summed E-state index contributed by atoms with van der Waals surface area (Å²) < 4.78 is 0.